The molecule has 2 aromatic carbocycles. The lowest BCUT2D eigenvalue weighted by Crippen LogP contribution is -2.35. The second-order valence-corrected chi connectivity index (χ2v) is 8.57. The van der Waals surface area contributed by atoms with E-state index in [1.807, 2.05) is 5.38 Å². The SMILES string of the molecule is COc1ccc(NC(=O)Cc2csc(-c3cccc(CN4CCOCC4)c3)n2)cc1Cl. The maximum absolute atomic E-state index is 12.4. The summed E-state index contributed by atoms with van der Waals surface area (Å²) in [5, 5.41) is 6.16. The molecule has 31 heavy (non-hydrogen) atoms. The van der Waals surface area contributed by atoms with E-state index in [0.29, 0.717) is 16.5 Å². The van der Waals surface area contributed by atoms with Crippen molar-refractivity contribution in [1.29, 1.82) is 0 Å². The van der Waals surface area contributed by atoms with Crippen molar-refractivity contribution < 1.29 is 14.3 Å². The fourth-order valence-electron chi connectivity index (χ4n) is 3.45. The van der Waals surface area contributed by atoms with Crippen molar-refractivity contribution >= 4 is 34.5 Å². The number of amides is 1. The van der Waals surface area contributed by atoms with Crippen LogP contribution in [0.25, 0.3) is 10.6 Å². The number of ether oxygens (including phenoxy) is 2. The predicted molar refractivity (Wildman–Crippen MR) is 124 cm³/mol. The van der Waals surface area contributed by atoms with Crippen molar-refractivity contribution in [3.05, 3.63) is 64.1 Å². The van der Waals surface area contributed by atoms with Crippen LogP contribution in [0.4, 0.5) is 5.69 Å². The highest BCUT2D eigenvalue weighted by Crippen LogP contribution is 2.28. The van der Waals surface area contributed by atoms with Gasteiger partial charge >= 0.3 is 0 Å². The number of rotatable bonds is 7. The number of morpholine rings is 1. The Bertz CT molecular complexity index is 1050. The maximum Gasteiger partial charge on any atom is 0.230 e. The fourth-order valence-corrected chi connectivity index (χ4v) is 4.53. The molecule has 2 heterocycles. The molecule has 1 N–H and O–H groups in total. The molecule has 6 nitrogen and oxygen atoms in total. The smallest absolute Gasteiger partial charge is 0.230 e. The third kappa shape index (κ3) is 5.83. The van der Waals surface area contributed by atoms with Gasteiger partial charge in [-0.3, -0.25) is 9.69 Å². The lowest BCUT2D eigenvalue weighted by molar-refractivity contribution is -0.115. The molecule has 0 aliphatic carbocycles. The third-order valence-electron chi connectivity index (χ3n) is 5.01. The van der Waals surface area contributed by atoms with Gasteiger partial charge in [-0.15, -0.1) is 11.3 Å². The number of hydrogen-bond acceptors (Lipinski definition) is 6. The van der Waals surface area contributed by atoms with Crippen LogP contribution in [-0.4, -0.2) is 49.2 Å². The molecule has 4 rings (SSSR count). The minimum absolute atomic E-state index is 0.140. The number of methoxy groups -OCH3 is 1. The fraction of sp³-hybridized carbons (Fsp3) is 0.304. The zero-order valence-electron chi connectivity index (χ0n) is 17.3. The largest absolute Gasteiger partial charge is 0.495 e. The number of carbonyl (C=O) groups excluding carboxylic acids is 1. The molecule has 0 radical (unpaired) electrons. The average Bonchev–Trinajstić information content (AvgIpc) is 3.23. The van der Waals surface area contributed by atoms with Crippen molar-refractivity contribution in [3.63, 3.8) is 0 Å². The van der Waals surface area contributed by atoms with Crippen molar-refractivity contribution in [2.45, 2.75) is 13.0 Å². The molecule has 8 heteroatoms. The first kappa shape index (κ1) is 21.8. The van der Waals surface area contributed by atoms with Crippen LogP contribution in [0.15, 0.2) is 47.8 Å². The van der Waals surface area contributed by atoms with E-state index in [1.165, 1.54) is 5.56 Å². The Morgan fingerprint density at radius 1 is 1.26 bits per heavy atom. The number of anilines is 1. The molecular formula is C23H24ClN3O3S. The van der Waals surface area contributed by atoms with E-state index in [9.17, 15) is 4.79 Å². The molecule has 0 saturated carbocycles. The van der Waals surface area contributed by atoms with E-state index in [-0.39, 0.29) is 12.3 Å². The maximum atomic E-state index is 12.4. The van der Waals surface area contributed by atoms with Gasteiger partial charge in [-0.25, -0.2) is 4.98 Å². The summed E-state index contributed by atoms with van der Waals surface area (Å²) in [6.45, 7) is 4.41. The number of nitrogens with zero attached hydrogens (tertiary/aromatic N) is 2. The summed E-state index contributed by atoms with van der Waals surface area (Å²) in [5.74, 6) is 0.429. The number of thiazole rings is 1. The molecule has 1 aliphatic heterocycles. The van der Waals surface area contributed by atoms with Crippen LogP contribution >= 0.6 is 22.9 Å². The second kappa shape index (κ2) is 10.2. The van der Waals surface area contributed by atoms with Crippen LogP contribution in [0.2, 0.25) is 5.02 Å². The van der Waals surface area contributed by atoms with Gasteiger partial charge in [0.1, 0.15) is 10.8 Å². The molecule has 1 amide bonds. The van der Waals surface area contributed by atoms with Gasteiger partial charge in [-0.05, 0) is 29.8 Å². The van der Waals surface area contributed by atoms with E-state index >= 15 is 0 Å². The summed E-state index contributed by atoms with van der Waals surface area (Å²) in [6, 6.07) is 13.6. The number of halogens is 1. The molecule has 1 aromatic heterocycles. The van der Waals surface area contributed by atoms with Gasteiger partial charge in [0.05, 0.1) is 37.5 Å². The van der Waals surface area contributed by atoms with Gasteiger partial charge in [0.25, 0.3) is 0 Å². The van der Waals surface area contributed by atoms with E-state index in [2.05, 4.69) is 39.5 Å². The van der Waals surface area contributed by atoms with E-state index in [0.717, 1.165) is 49.1 Å². The number of carbonyl (C=O) groups is 1. The minimum atomic E-state index is -0.140. The lowest BCUT2D eigenvalue weighted by atomic mass is 10.1. The monoisotopic (exact) mass is 457 g/mol. The van der Waals surface area contributed by atoms with Gasteiger partial charge in [0, 0.05) is 36.3 Å². The Balaban J connectivity index is 1.38. The Kier molecular flexibility index (Phi) is 7.19. The molecule has 1 fully saturated rings. The molecule has 1 aliphatic rings. The summed E-state index contributed by atoms with van der Waals surface area (Å²) < 4.78 is 10.6. The van der Waals surface area contributed by atoms with Crippen LogP contribution in [0.1, 0.15) is 11.3 Å². The summed E-state index contributed by atoms with van der Waals surface area (Å²) in [6.07, 6.45) is 0.202. The topological polar surface area (TPSA) is 63.7 Å². The molecule has 0 bridgehead atoms. The highest BCUT2D eigenvalue weighted by molar-refractivity contribution is 7.13. The second-order valence-electron chi connectivity index (χ2n) is 7.31. The first-order valence-electron chi connectivity index (χ1n) is 10.1. The Morgan fingerprint density at radius 3 is 2.87 bits per heavy atom. The lowest BCUT2D eigenvalue weighted by Gasteiger charge is -2.26. The zero-order chi connectivity index (χ0) is 21.6. The molecule has 0 spiro atoms. The summed E-state index contributed by atoms with van der Waals surface area (Å²) in [4.78, 5) is 19.5. The van der Waals surface area contributed by atoms with Crippen molar-refractivity contribution in [2.24, 2.45) is 0 Å². The minimum Gasteiger partial charge on any atom is -0.495 e. The van der Waals surface area contributed by atoms with Crippen LogP contribution in [0.5, 0.6) is 5.75 Å². The number of hydrogen-bond donors (Lipinski definition) is 1. The van der Waals surface area contributed by atoms with Gasteiger partial charge in [-0.2, -0.15) is 0 Å². The van der Waals surface area contributed by atoms with E-state index in [4.69, 9.17) is 21.1 Å². The predicted octanol–water partition coefficient (Wildman–Crippen LogP) is 4.49. The van der Waals surface area contributed by atoms with E-state index < -0.39 is 0 Å². The number of nitrogens with one attached hydrogen (secondary N) is 1. The van der Waals surface area contributed by atoms with Crippen molar-refractivity contribution in [1.82, 2.24) is 9.88 Å². The molecule has 162 valence electrons. The van der Waals surface area contributed by atoms with Crippen LogP contribution in [-0.2, 0) is 22.5 Å². The van der Waals surface area contributed by atoms with Gasteiger partial charge in [-0.1, -0.05) is 29.8 Å². The summed E-state index contributed by atoms with van der Waals surface area (Å²) >= 11 is 7.67. The molecule has 0 atom stereocenters. The van der Waals surface area contributed by atoms with E-state index in [1.54, 1.807) is 36.6 Å². The molecule has 0 unspecified atom stereocenters. The Labute approximate surface area is 190 Å². The Morgan fingerprint density at radius 2 is 2.10 bits per heavy atom. The van der Waals surface area contributed by atoms with Crippen LogP contribution < -0.4 is 10.1 Å². The van der Waals surface area contributed by atoms with Gasteiger partial charge in [0.2, 0.25) is 5.91 Å². The third-order valence-corrected chi connectivity index (χ3v) is 6.25. The van der Waals surface area contributed by atoms with Crippen LogP contribution in [0.3, 0.4) is 0 Å². The Hall–Kier alpha value is -2.45. The highest BCUT2D eigenvalue weighted by Gasteiger charge is 2.13. The highest BCUT2D eigenvalue weighted by atomic mass is 35.5. The number of benzene rings is 2. The average molecular weight is 458 g/mol. The quantitative estimate of drug-likeness (QED) is 0.566. The first-order chi connectivity index (χ1) is 15.1. The first-order valence-corrected chi connectivity index (χ1v) is 11.3. The molecule has 1 saturated heterocycles. The molecular weight excluding hydrogens is 434 g/mol. The van der Waals surface area contributed by atoms with Gasteiger partial charge < -0.3 is 14.8 Å². The summed E-state index contributed by atoms with van der Waals surface area (Å²) in [5.41, 5.74) is 3.70. The zero-order valence-corrected chi connectivity index (χ0v) is 18.8. The normalized spacial score (nSPS) is 14.4. The van der Waals surface area contributed by atoms with Crippen molar-refractivity contribution in [2.75, 3.05) is 38.7 Å². The molecule has 3 aromatic rings. The number of aromatic nitrogens is 1. The van der Waals surface area contributed by atoms with Crippen LogP contribution in [0, 0.1) is 0 Å². The van der Waals surface area contributed by atoms with Crippen molar-refractivity contribution in [3.8, 4) is 16.3 Å². The standard InChI is InChI=1S/C23H24ClN3O3S/c1-29-21-6-5-18(12-20(21)24)25-22(28)13-19-15-31-23(26-19)17-4-2-3-16(11-17)14-27-7-9-30-10-8-27/h2-6,11-12,15H,7-10,13-14H2,1H3,(H,25,28). The van der Waals surface area contributed by atoms with Gasteiger partial charge in [0.15, 0.2) is 0 Å². The summed E-state index contributed by atoms with van der Waals surface area (Å²) in [7, 11) is 1.55.